The fourth-order valence-corrected chi connectivity index (χ4v) is 2.56. The number of aromatic hydroxyl groups is 1. The molecule has 1 aromatic rings. The molecule has 1 aliphatic heterocycles. The molecular weight excluding hydrogens is 308 g/mol. The number of phenolic OH excluding ortho intramolecular Hbond substituents is 1. The molecule has 0 bridgehead atoms. The molecule has 0 saturated heterocycles. The third kappa shape index (κ3) is 4.28. The van der Waals surface area contributed by atoms with E-state index in [4.69, 9.17) is 4.74 Å². The molecule has 0 aliphatic carbocycles. The van der Waals surface area contributed by atoms with Crippen LogP contribution >= 0.6 is 0 Å². The lowest BCUT2D eigenvalue weighted by Gasteiger charge is -2.35. The zero-order chi connectivity index (χ0) is 17.7. The van der Waals surface area contributed by atoms with E-state index < -0.39 is 12.1 Å². The van der Waals surface area contributed by atoms with Crippen LogP contribution in [0.15, 0.2) is 36.7 Å². The minimum absolute atomic E-state index is 0.128. The van der Waals surface area contributed by atoms with Gasteiger partial charge in [0, 0.05) is 25.4 Å². The summed E-state index contributed by atoms with van der Waals surface area (Å²) in [4.78, 5) is 27.8. The number of phenols is 1. The summed E-state index contributed by atoms with van der Waals surface area (Å²) >= 11 is 0. The van der Waals surface area contributed by atoms with Crippen molar-refractivity contribution in [2.75, 3.05) is 13.7 Å². The van der Waals surface area contributed by atoms with Gasteiger partial charge in [-0.2, -0.15) is 0 Å². The van der Waals surface area contributed by atoms with Gasteiger partial charge in [0.25, 0.3) is 0 Å². The fourth-order valence-electron chi connectivity index (χ4n) is 2.56. The van der Waals surface area contributed by atoms with Crippen LogP contribution in [0.25, 0.3) is 0 Å². The topological polar surface area (TPSA) is 70.1 Å². The first kappa shape index (κ1) is 17.8. The molecule has 2 amide bonds. The van der Waals surface area contributed by atoms with Gasteiger partial charge in [0.2, 0.25) is 5.91 Å². The normalized spacial score (nSPS) is 17.5. The average molecular weight is 332 g/mol. The maximum absolute atomic E-state index is 12.8. The van der Waals surface area contributed by atoms with Crippen molar-refractivity contribution in [3.8, 4) is 5.75 Å². The molecule has 0 fully saturated rings. The molecule has 1 aromatic carbocycles. The number of methoxy groups -OCH3 is 1. The Morgan fingerprint density at radius 3 is 2.50 bits per heavy atom. The molecule has 6 heteroatoms. The van der Waals surface area contributed by atoms with Crippen LogP contribution in [0.3, 0.4) is 0 Å². The van der Waals surface area contributed by atoms with Crippen LogP contribution in [-0.2, 0) is 16.0 Å². The van der Waals surface area contributed by atoms with Gasteiger partial charge in [-0.1, -0.05) is 26.0 Å². The van der Waals surface area contributed by atoms with Crippen LogP contribution in [0.4, 0.5) is 4.79 Å². The number of hydrogen-bond acceptors (Lipinski definition) is 4. The predicted molar refractivity (Wildman–Crippen MR) is 90.2 cm³/mol. The smallest absolute Gasteiger partial charge is 0.414 e. The van der Waals surface area contributed by atoms with Gasteiger partial charge >= 0.3 is 6.09 Å². The number of benzene rings is 1. The van der Waals surface area contributed by atoms with Crippen molar-refractivity contribution in [1.82, 2.24) is 9.80 Å². The van der Waals surface area contributed by atoms with E-state index in [9.17, 15) is 14.7 Å². The first-order valence-electron chi connectivity index (χ1n) is 8.05. The van der Waals surface area contributed by atoms with Gasteiger partial charge in [-0.25, -0.2) is 4.79 Å². The van der Waals surface area contributed by atoms with Gasteiger partial charge in [0.1, 0.15) is 11.8 Å². The summed E-state index contributed by atoms with van der Waals surface area (Å²) in [5, 5.41) is 9.39. The van der Waals surface area contributed by atoms with Crippen LogP contribution in [0, 0.1) is 5.92 Å². The van der Waals surface area contributed by atoms with Crippen molar-refractivity contribution in [1.29, 1.82) is 0 Å². The van der Waals surface area contributed by atoms with Crippen molar-refractivity contribution in [2.45, 2.75) is 32.7 Å². The van der Waals surface area contributed by atoms with Crippen molar-refractivity contribution in [3.05, 3.63) is 42.2 Å². The number of carbonyl (C=O) groups is 2. The Morgan fingerprint density at radius 2 is 1.92 bits per heavy atom. The Hall–Kier alpha value is -2.50. The molecule has 24 heavy (non-hydrogen) atoms. The highest BCUT2D eigenvalue weighted by Crippen LogP contribution is 2.20. The lowest BCUT2D eigenvalue weighted by Crippen LogP contribution is -2.52. The van der Waals surface area contributed by atoms with Gasteiger partial charge in [-0.3, -0.25) is 9.69 Å². The zero-order valence-corrected chi connectivity index (χ0v) is 14.3. The van der Waals surface area contributed by atoms with E-state index in [2.05, 4.69) is 13.8 Å². The second-order valence-electron chi connectivity index (χ2n) is 6.28. The molecule has 0 aromatic heterocycles. The molecule has 1 heterocycles. The summed E-state index contributed by atoms with van der Waals surface area (Å²) in [7, 11) is 1.30. The number of nitrogens with zero attached hydrogens (tertiary/aromatic N) is 2. The standard InChI is InChI=1S/C18H24N2O4/c1-13(2)8-9-19-10-11-20(18(23)24-3)16(17(19)22)12-14-4-6-15(21)7-5-14/h4-7,10-11,13,16,21H,8-9,12H2,1-3H3/t16-/m0/s1. The Bertz CT molecular complexity index is 610. The SMILES string of the molecule is COC(=O)N1C=CN(CCC(C)C)C(=O)[C@@H]1Cc1ccc(O)cc1. The third-order valence-electron chi connectivity index (χ3n) is 4.01. The van der Waals surface area contributed by atoms with E-state index in [1.165, 1.54) is 12.0 Å². The summed E-state index contributed by atoms with van der Waals surface area (Å²) in [5.41, 5.74) is 0.860. The first-order chi connectivity index (χ1) is 11.4. The Kier molecular flexibility index (Phi) is 5.84. The van der Waals surface area contributed by atoms with Crippen LogP contribution in [0.5, 0.6) is 5.75 Å². The second kappa shape index (κ2) is 7.86. The lowest BCUT2D eigenvalue weighted by molar-refractivity contribution is -0.134. The van der Waals surface area contributed by atoms with Crippen LogP contribution < -0.4 is 0 Å². The largest absolute Gasteiger partial charge is 0.508 e. The summed E-state index contributed by atoms with van der Waals surface area (Å²) in [6.07, 6.45) is 3.91. The summed E-state index contributed by atoms with van der Waals surface area (Å²) in [5.74, 6) is 0.522. The predicted octanol–water partition coefficient (Wildman–Crippen LogP) is 2.73. The summed E-state index contributed by atoms with van der Waals surface area (Å²) in [6.45, 7) is 4.83. The Balaban J connectivity index is 2.21. The Labute approximate surface area is 142 Å². The molecule has 0 saturated carbocycles. The van der Waals surface area contributed by atoms with Gasteiger partial charge in [0.15, 0.2) is 0 Å². The monoisotopic (exact) mass is 332 g/mol. The Morgan fingerprint density at radius 1 is 1.25 bits per heavy atom. The third-order valence-corrected chi connectivity index (χ3v) is 4.01. The molecule has 1 atom stereocenters. The summed E-state index contributed by atoms with van der Waals surface area (Å²) < 4.78 is 4.78. The van der Waals surface area contributed by atoms with E-state index in [-0.39, 0.29) is 11.7 Å². The number of carbonyl (C=O) groups excluding carboxylic acids is 2. The van der Waals surface area contributed by atoms with Gasteiger partial charge in [-0.05, 0) is 30.0 Å². The minimum Gasteiger partial charge on any atom is -0.508 e. The highest BCUT2D eigenvalue weighted by atomic mass is 16.5. The molecule has 6 nitrogen and oxygen atoms in total. The van der Waals surface area contributed by atoms with Crippen molar-refractivity contribution >= 4 is 12.0 Å². The maximum Gasteiger partial charge on any atom is 0.414 e. The van der Waals surface area contributed by atoms with Crippen molar-refractivity contribution in [2.24, 2.45) is 5.92 Å². The molecule has 1 aliphatic rings. The average Bonchev–Trinajstić information content (AvgIpc) is 2.56. The highest BCUT2D eigenvalue weighted by molar-refractivity contribution is 5.88. The molecule has 1 N–H and O–H groups in total. The molecule has 0 radical (unpaired) electrons. The molecule has 2 rings (SSSR count). The first-order valence-corrected chi connectivity index (χ1v) is 8.05. The van der Waals surface area contributed by atoms with Crippen molar-refractivity contribution in [3.63, 3.8) is 0 Å². The molecule has 130 valence electrons. The molecular formula is C18H24N2O4. The van der Waals surface area contributed by atoms with E-state index in [1.807, 2.05) is 0 Å². The number of rotatable bonds is 5. The molecule has 0 unspecified atom stereocenters. The number of ether oxygens (including phenoxy) is 1. The van der Waals surface area contributed by atoms with Gasteiger partial charge in [-0.15, -0.1) is 0 Å². The van der Waals surface area contributed by atoms with E-state index >= 15 is 0 Å². The van der Waals surface area contributed by atoms with Crippen LogP contribution in [0.2, 0.25) is 0 Å². The quantitative estimate of drug-likeness (QED) is 0.900. The van der Waals surface area contributed by atoms with Crippen molar-refractivity contribution < 1.29 is 19.4 Å². The molecule has 0 spiro atoms. The van der Waals surface area contributed by atoms with Crippen LogP contribution in [-0.4, -0.2) is 46.6 Å². The summed E-state index contributed by atoms with van der Waals surface area (Å²) in [6, 6.07) is 5.97. The maximum atomic E-state index is 12.8. The number of hydrogen-bond donors (Lipinski definition) is 1. The van der Waals surface area contributed by atoms with E-state index in [0.29, 0.717) is 18.9 Å². The lowest BCUT2D eigenvalue weighted by atomic mass is 10.0. The van der Waals surface area contributed by atoms with E-state index in [1.54, 1.807) is 41.6 Å². The van der Waals surface area contributed by atoms with E-state index in [0.717, 1.165) is 12.0 Å². The second-order valence-corrected chi connectivity index (χ2v) is 6.28. The highest BCUT2D eigenvalue weighted by Gasteiger charge is 2.35. The van der Waals surface area contributed by atoms with Gasteiger partial charge < -0.3 is 14.7 Å². The zero-order valence-electron chi connectivity index (χ0n) is 14.3. The number of amides is 2. The van der Waals surface area contributed by atoms with Gasteiger partial charge in [0.05, 0.1) is 7.11 Å². The fraction of sp³-hybridized carbons (Fsp3) is 0.444. The van der Waals surface area contributed by atoms with Crippen LogP contribution in [0.1, 0.15) is 25.8 Å². The minimum atomic E-state index is -0.654.